The predicted octanol–water partition coefficient (Wildman–Crippen LogP) is 2.71. The minimum atomic E-state index is -0.441. The van der Waals surface area contributed by atoms with Gasteiger partial charge in [0, 0.05) is 0 Å². The molecule has 0 saturated heterocycles. The second-order valence-corrected chi connectivity index (χ2v) is 4.45. The van der Waals surface area contributed by atoms with Crippen LogP contribution >= 0.6 is 0 Å². The molecule has 1 atom stereocenters. The van der Waals surface area contributed by atoms with Crippen molar-refractivity contribution in [2.24, 2.45) is 0 Å². The highest BCUT2D eigenvalue weighted by Crippen LogP contribution is 2.18. The lowest BCUT2D eigenvalue weighted by molar-refractivity contribution is 0.0379. The molecule has 0 aromatic heterocycles. The van der Waals surface area contributed by atoms with E-state index in [1.54, 1.807) is 0 Å². The van der Waals surface area contributed by atoms with Crippen molar-refractivity contribution in [1.29, 1.82) is 0 Å². The van der Waals surface area contributed by atoms with Gasteiger partial charge in [-0.05, 0) is 45.7 Å². The lowest BCUT2D eigenvalue weighted by Gasteiger charge is -2.22. The van der Waals surface area contributed by atoms with Crippen LogP contribution in [0.3, 0.4) is 0 Å². The van der Waals surface area contributed by atoms with Crippen LogP contribution in [0.4, 0.5) is 0 Å². The minimum Gasteiger partial charge on any atom is -0.390 e. The Kier molecular flexibility index (Phi) is 8.20. The summed E-state index contributed by atoms with van der Waals surface area (Å²) in [6.45, 7) is 8.43. The monoisotopic (exact) mass is 201 g/mol. The van der Waals surface area contributed by atoms with Crippen molar-refractivity contribution in [1.82, 2.24) is 5.32 Å². The Balaban J connectivity index is 3.35. The number of aliphatic hydroxyl groups is 1. The van der Waals surface area contributed by atoms with E-state index in [0.717, 1.165) is 38.8 Å². The van der Waals surface area contributed by atoms with Crippen molar-refractivity contribution in [2.75, 3.05) is 13.1 Å². The maximum absolute atomic E-state index is 9.97. The van der Waals surface area contributed by atoms with Crippen LogP contribution in [-0.2, 0) is 0 Å². The van der Waals surface area contributed by atoms with E-state index >= 15 is 0 Å². The molecule has 2 N–H and O–H groups in total. The molecule has 0 spiro atoms. The van der Waals surface area contributed by atoms with Crippen LogP contribution in [0, 0.1) is 0 Å². The van der Waals surface area contributed by atoms with Gasteiger partial charge in [-0.1, -0.05) is 26.7 Å². The molecule has 0 aliphatic rings. The fourth-order valence-electron chi connectivity index (χ4n) is 1.58. The molecule has 0 aromatic carbocycles. The Bertz CT molecular complexity index is 123. The maximum atomic E-state index is 9.97. The van der Waals surface area contributed by atoms with Gasteiger partial charge in [0.1, 0.15) is 0 Å². The van der Waals surface area contributed by atoms with Gasteiger partial charge in [0.05, 0.1) is 5.60 Å². The smallest absolute Gasteiger partial charge is 0.0620 e. The highest BCUT2D eigenvalue weighted by atomic mass is 16.3. The summed E-state index contributed by atoms with van der Waals surface area (Å²) in [6, 6.07) is 0. The summed E-state index contributed by atoms with van der Waals surface area (Å²) in [5.74, 6) is 0. The van der Waals surface area contributed by atoms with Crippen LogP contribution in [0.5, 0.6) is 0 Å². The Morgan fingerprint density at radius 3 is 2.21 bits per heavy atom. The van der Waals surface area contributed by atoms with Crippen molar-refractivity contribution >= 4 is 0 Å². The zero-order chi connectivity index (χ0) is 10.9. The highest BCUT2D eigenvalue weighted by Gasteiger charge is 2.18. The molecular formula is C12H27NO. The molecular weight excluding hydrogens is 174 g/mol. The first kappa shape index (κ1) is 13.9. The van der Waals surface area contributed by atoms with Gasteiger partial charge in [0.2, 0.25) is 0 Å². The summed E-state index contributed by atoms with van der Waals surface area (Å²) in [4.78, 5) is 0. The first-order valence-corrected chi connectivity index (χ1v) is 6.05. The molecule has 0 bridgehead atoms. The fourth-order valence-corrected chi connectivity index (χ4v) is 1.58. The molecule has 0 aliphatic carbocycles. The van der Waals surface area contributed by atoms with Gasteiger partial charge < -0.3 is 10.4 Å². The molecule has 0 aliphatic heterocycles. The van der Waals surface area contributed by atoms with Crippen molar-refractivity contribution in [3.63, 3.8) is 0 Å². The SMILES string of the molecule is CCCCC(C)(O)CCCNCCC. The Labute approximate surface area is 89.1 Å². The van der Waals surface area contributed by atoms with Crippen LogP contribution in [0.15, 0.2) is 0 Å². The lowest BCUT2D eigenvalue weighted by Crippen LogP contribution is -2.26. The third-order valence-corrected chi connectivity index (χ3v) is 2.56. The topological polar surface area (TPSA) is 32.3 Å². The number of rotatable bonds is 9. The molecule has 1 unspecified atom stereocenters. The molecule has 2 heteroatoms. The Morgan fingerprint density at radius 2 is 1.64 bits per heavy atom. The van der Waals surface area contributed by atoms with Crippen LogP contribution in [0.25, 0.3) is 0 Å². The Hall–Kier alpha value is -0.0800. The van der Waals surface area contributed by atoms with Crippen molar-refractivity contribution in [2.45, 2.75) is 64.9 Å². The van der Waals surface area contributed by atoms with Gasteiger partial charge in [-0.2, -0.15) is 0 Å². The summed E-state index contributed by atoms with van der Waals surface area (Å²) >= 11 is 0. The summed E-state index contributed by atoms with van der Waals surface area (Å²) in [7, 11) is 0. The molecule has 0 rings (SSSR count). The van der Waals surface area contributed by atoms with Crippen LogP contribution in [-0.4, -0.2) is 23.8 Å². The average Bonchev–Trinajstić information content (AvgIpc) is 2.15. The first-order chi connectivity index (χ1) is 6.62. The fraction of sp³-hybridized carbons (Fsp3) is 1.00. The predicted molar refractivity (Wildman–Crippen MR) is 62.5 cm³/mol. The van der Waals surface area contributed by atoms with Gasteiger partial charge in [-0.3, -0.25) is 0 Å². The second-order valence-electron chi connectivity index (χ2n) is 4.45. The zero-order valence-corrected chi connectivity index (χ0v) is 10.1. The first-order valence-electron chi connectivity index (χ1n) is 6.05. The average molecular weight is 201 g/mol. The van der Waals surface area contributed by atoms with E-state index in [1.807, 2.05) is 6.92 Å². The van der Waals surface area contributed by atoms with E-state index in [2.05, 4.69) is 19.2 Å². The largest absolute Gasteiger partial charge is 0.390 e. The molecule has 0 heterocycles. The number of nitrogens with one attached hydrogen (secondary N) is 1. The van der Waals surface area contributed by atoms with Crippen molar-refractivity contribution in [3.8, 4) is 0 Å². The van der Waals surface area contributed by atoms with Crippen LogP contribution in [0.2, 0.25) is 0 Å². The summed E-state index contributed by atoms with van der Waals surface area (Å²) in [5.41, 5.74) is -0.441. The maximum Gasteiger partial charge on any atom is 0.0620 e. The summed E-state index contributed by atoms with van der Waals surface area (Å²) in [6.07, 6.45) is 6.43. The van der Waals surface area contributed by atoms with E-state index in [-0.39, 0.29) is 0 Å². The van der Waals surface area contributed by atoms with Crippen molar-refractivity contribution < 1.29 is 5.11 Å². The molecule has 0 amide bonds. The third-order valence-electron chi connectivity index (χ3n) is 2.56. The quantitative estimate of drug-likeness (QED) is 0.562. The van der Waals surface area contributed by atoms with E-state index < -0.39 is 5.60 Å². The molecule has 0 aromatic rings. The number of unbranched alkanes of at least 4 members (excludes halogenated alkanes) is 1. The Morgan fingerprint density at radius 1 is 1.00 bits per heavy atom. The van der Waals surface area contributed by atoms with Crippen LogP contribution < -0.4 is 5.32 Å². The molecule has 0 saturated carbocycles. The lowest BCUT2D eigenvalue weighted by atomic mass is 9.94. The third kappa shape index (κ3) is 8.52. The van der Waals surface area contributed by atoms with E-state index in [0.29, 0.717) is 0 Å². The molecule has 14 heavy (non-hydrogen) atoms. The minimum absolute atomic E-state index is 0.441. The second kappa shape index (κ2) is 8.25. The molecule has 0 fully saturated rings. The normalized spacial score (nSPS) is 15.4. The van der Waals surface area contributed by atoms with E-state index in [4.69, 9.17) is 0 Å². The summed E-state index contributed by atoms with van der Waals surface area (Å²) < 4.78 is 0. The van der Waals surface area contributed by atoms with Gasteiger partial charge in [-0.15, -0.1) is 0 Å². The number of hydrogen-bond donors (Lipinski definition) is 2. The van der Waals surface area contributed by atoms with Crippen LogP contribution in [0.1, 0.15) is 59.3 Å². The van der Waals surface area contributed by atoms with E-state index in [1.165, 1.54) is 12.8 Å². The van der Waals surface area contributed by atoms with Gasteiger partial charge in [0.25, 0.3) is 0 Å². The molecule has 86 valence electrons. The van der Waals surface area contributed by atoms with Gasteiger partial charge in [0.15, 0.2) is 0 Å². The van der Waals surface area contributed by atoms with E-state index in [9.17, 15) is 5.11 Å². The number of hydrogen-bond acceptors (Lipinski definition) is 2. The van der Waals surface area contributed by atoms with Crippen molar-refractivity contribution in [3.05, 3.63) is 0 Å². The van der Waals surface area contributed by atoms with Gasteiger partial charge >= 0.3 is 0 Å². The highest BCUT2D eigenvalue weighted by molar-refractivity contribution is 4.72. The molecule has 0 radical (unpaired) electrons. The zero-order valence-electron chi connectivity index (χ0n) is 10.1. The standard InChI is InChI=1S/C12H27NO/c1-4-6-8-12(3,14)9-7-11-13-10-5-2/h13-14H,4-11H2,1-3H3. The summed E-state index contributed by atoms with van der Waals surface area (Å²) in [5, 5.41) is 13.3. The van der Waals surface area contributed by atoms with Gasteiger partial charge in [-0.25, -0.2) is 0 Å². The molecule has 2 nitrogen and oxygen atoms in total.